The van der Waals surface area contributed by atoms with Gasteiger partial charge in [-0.05, 0) is 48.2 Å². The topological polar surface area (TPSA) is 49.3 Å². The molecule has 3 nitrogen and oxygen atoms in total. The molecule has 0 aromatic heterocycles. The van der Waals surface area contributed by atoms with Crippen LogP contribution in [-0.2, 0) is 0 Å². The molecule has 1 fully saturated rings. The molecule has 1 aliphatic rings. The lowest BCUT2D eigenvalue weighted by Crippen LogP contribution is -2.25. The zero-order valence-corrected chi connectivity index (χ0v) is 10.8. The van der Waals surface area contributed by atoms with Gasteiger partial charge in [-0.25, -0.2) is 4.39 Å². The number of carbonyl (C=O) groups is 1. The molecule has 0 aliphatic heterocycles. The minimum atomic E-state index is -0.507. The summed E-state index contributed by atoms with van der Waals surface area (Å²) in [5, 5.41) is 12.4. The zero-order valence-electron chi connectivity index (χ0n) is 10.8. The minimum absolute atomic E-state index is 0.116. The fraction of sp³-hybridized carbons (Fsp3) is 0.188. The summed E-state index contributed by atoms with van der Waals surface area (Å²) < 4.78 is 13.3. The van der Waals surface area contributed by atoms with E-state index in [0.717, 1.165) is 18.9 Å². The van der Waals surface area contributed by atoms with Gasteiger partial charge in [-0.1, -0.05) is 12.1 Å². The highest BCUT2D eigenvalue weighted by Gasteiger charge is 2.23. The molecule has 0 unspecified atom stereocenters. The Hall–Kier alpha value is -2.36. The van der Waals surface area contributed by atoms with Crippen LogP contribution in [-0.4, -0.2) is 17.1 Å². The first kappa shape index (κ1) is 12.7. The summed E-state index contributed by atoms with van der Waals surface area (Å²) in [7, 11) is 0. The zero-order chi connectivity index (χ0) is 14.1. The Labute approximate surface area is 116 Å². The molecule has 0 bridgehead atoms. The number of nitrogens with one attached hydrogen (secondary N) is 1. The molecule has 0 radical (unpaired) electrons. The number of phenols is 1. The van der Waals surface area contributed by atoms with Gasteiger partial charge in [0, 0.05) is 17.7 Å². The summed E-state index contributed by atoms with van der Waals surface area (Å²) in [6.45, 7) is 0. The van der Waals surface area contributed by atoms with Crippen LogP contribution in [0.15, 0.2) is 42.5 Å². The Bertz CT molecular complexity index is 645. The lowest BCUT2D eigenvalue weighted by molar-refractivity contribution is 0.0951. The monoisotopic (exact) mass is 271 g/mol. The van der Waals surface area contributed by atoms with Crippen molar-refractivity contribution in [2.24, 2.45) is 0 Å². The maximum atomic E-state index is 13.3. The van der Waals surface area contributed by atoms with Gasteiger partial charge in [-0.2, -0.15) is 0 Å². The van der Waals surface area contributed by atoms with Crippen molar-refractivity contribution in [3.63, 3.8) is 0 Å². The van der Waals surface area contributed by atoms with E-state index in [-0.39, 0.29) is 11.7 Å². The fourth-order valence-corrected chi connectivity index (χ4v) is 2.08. The van der Waals surface area contributed by atoms with Crippen LogP contribution in [0.2, 0.25) is 0 Å². The highest BCUT2D eigenvalue weighted by atomic mass is 19.1. The number of hydrogen-bond donors (Lipinski definition) is 2. The largest absolute Gasteiger partial charge is 0.508 e. The van der Waals surface area contributed by atoms with Gasteiger partial charge in [-0.3, -0.25) is 4.79 Å². The molecule has 2 N–H and O–H groups in total. The molecule has 20 heavy (non-hydrogen) atoms. The van der Waals surface area contributed by atoms with Crippen molar-refractivity contribution >= 4 is 5.91 Å². The van der Waals surface area contributed by atoms with E-state index < -0.39 is 5.82 Å². The van der Waals surface area contributed by atoms with Gasteiger partial charge in [0.2, 0.25) is 0 Å². The maximum Gasteiger partial charge on any atom is 0.251 e. The van der Waals surface area contributed by atoms with E-state index >= 15 is 0 Å². The van der Waals surface area contributed by atoms with Crippen molar-refractivity contribution in [3.05, 3.63) is 53.8 Å². The summed E-state index contributed by atoms with van der Waals surface area (Å²) in [5.74, 6) is -0.754. The molecule has 3 rings (SSSR count). The number of halogens is 1. The van der Waals surface area contributed by atoms with E-state index in [1.807, 2.05) is 0 Å². The molecular weight excluding hydrogens is 257 g/mol. The first-order valence-corrected chi connectivity index (χ1v) is 6.53. The third-order valence-electron chi connectivity index (χ3n) is 3.25. The Morgan fingerprint density at radius 3 is 2.65 bits per heavy atom. The van der Waals surface area contributed by atoms with Gasteiger partial charge in [0.25, 0.3) is 5.91 Å². The first-order valence-electron chi connectivity index (χ1n) is 6.53. The highest BCUT2D eigenvalue weighted by molar-refractivity contribution is 5.95. The molecule has 1 amide bonds. The van der Waals surface area contributed by atoms with Crippen LogP contribution in [0.5, 0.6) is 5.75 Å². The van der Waals surface area contributed by atoms with E-state index in [1.165, 1.54) is 12.1 Å². The van der Waals surface area contributed by atoms with Crippen LogP contribution in [0, 0.1) is 5.82 Å². The van der Waals surface area contributed by atoms with Crippen molar-refractivity contribution in [2.45, 2.75) is 18.9 Å². The van der Waals surface area contributed by atoms with Crippen LogP contribution < -0.4 is 5.32 Å². The summed E-state index contributed by atoms with van der Waals surface area (Å²) in [4.78, 5) is 12.0. The summed E-state index contributed by atoms with van der Waals surface area (Å²) in [6, 6.07) is 11.1. The second-order valence-electron chi connectivity index (χ2n) is 5.03. The number of phenolic OH excluding ortho intramolecular Hbond substituents is 1. The Balaban J connectivity index is 1.91. The van der Waals surface area contributed by atoms with Gasteiger partial charge in [0.05, 0.1) is 0 Å². The van der Waals surface area contributed by atoms with Gasteiger partial charge in [-0.15, -0.1) is 0 Å². The van der Waals surface area contributed by atoms with E-state index in [1.54, 1.807) is 24.3 Å². The van der Waals surface area contributed by atoms with Crippen LogP contribution in [0.4, 0.5) is 4.39 Å². The molecule has 2 aromatic carbocycles. The van der Waals surface area contributed by atoms with Crippen LogP contribution >= 0.6 is 0 Å². The predicted molar refractivity (Wildman–Crippen MR) is 74.0 cm³/mol. The standard InChI is InChI=1S/C16H14FNO2/c17-13-7-12(8-15(19)9-13)10-2-1-3-11(6-10)16(20)18-14-4-5-14/h1-3,6-9,14,19H,4-5H2,(H,18,20). The SMILES string of the molecule is O=C(NC1CC1)c1cccc(-c2cc(O)cc(F)c2)c1. The maximum absolute atomic E-state index is 13.3. The summed E-state index contributed by atoms with van der Waals surface area (Å²) in [5.41, 5.74) is 1.78. The average Bonchev–Trinajstić information content (AvgIpc) is 3.22. The lowest BCUT2D eigenvalue weighted by atomic mass is 10.0. The van der Waals surface area contributed by atoms with Crippen molar-refractivity contribution in [2.75, 3.05) is 0 Å². The fourth-order valence-electron chi connectivity index (χ4n) is 2.08. The van der Waals surface area contributed by atoms with Crippen LogP contribution in [0.25, 0.3) is 11.1 Å². The average molecular weight is 271 g/mol. The van der Waals surface area contributed by atoms with Gasteiger partial charge >= 0.3 is 0 Å². The van der Waals surface area contributed by atoms with Crippen molar-refractivity contribution in [3.8, 4) is 16.9 Å². The molecule has 0 heterocycles. The Kier molecular flexibility index (Phi) is 3.14. The van der Waals surface area contributed by atoms with Gasteiger partial charge in [0.15, 0.2) is 0 Å². The summed E-state index contributed by atoms with van der Waals surface area (Å²) >= 11 is 0. The van der Waals surface area contributed by atoms with Crippen molar-refractivity contribution in [1.82, 2.24) is 5.32 Å². The minimum Gasteiger partial charge on any atom is -0.508 e. The third kappa shape index (κ3) is 2.79. The predicted octanol–water partition coefficient (Wildman–Crippen LogP) is 3.09. The Morgan fingerprint density at radius 1 is 1.15 bits per heavy atom. The quantitative estimate of drug-likeness (QED) is 0.901. The van der Waals surface area contributed by atoms with E-state index in [9.17, 15) is 14.3 Å². The van der Waals surface area contributed by atoms with Crippen LogP contribution in [0.1, 0.15) is 23.2 Å². The molecular formula is C16H14FNO2. The lowest BCUT2D eigenvalue weighted by Gasteiger charge is -2.07. The Morgan fingerprint density at radius 2 is 1.95 bits per heavy atom. The second-order valence-corrected chi connectivity index (χ2v) is 5.03. The van der Waals surface area contributed by atoms with E-state index in [2.05, 4.69) is 5.32 Å². The molecule has 0 spiro atoms. The molecule has 102 valence electrons. The first-order chi connectivity index (χ1) is 9.61. The van der Waals surface area contributed by atoms with Crippen molar-refractivity contribution in [1.29, 1.82) is 0 Å². The molecule has 4 heteroatoms. The third-order valence-corrected chi connectivity index (χ3v) is 3.25. The molecule has 2 aromatic rings. The number of aromatic hydroxyl groups is 1. The number of benzene rings is 2. The number of rotatable bonds is 3. The number of hydrogen-bond acceptors (Lipinski definition) is 2. The molecule has 1 saturated carbocycles. The normalized spacial score (nSPS) is 14.1. The molecule has 0 saturated heterocycles. The molecule has 0 atom stereocenters. The smallest absolute Gasteiger partial charge is 0.251 e. The second kappa shape index (κ2) is 4.96. The number of amides is 1. The van der Waals surface area contributed by atoms with Gasteiger partial charge in [0.1, 0.15) is 11.6 Å². The van der Waals surface area contributed by atoms with Crippen molar-refractivity contribution < 1.29 is 14.3 Å². The van der Waals surface area contributed by atoms with E-state index in [0.29, 0.717) is 22.7 Å². The molecule has 1 aliphatic carbocycles. The number of carbonyl (C=O) groups excluding carboxylic acids is 1. The van der Waals surface area contributed by atoms with E-state index in [4.69, 9.17) is 0 Å². The van der Waals surface area contributed by atoms with Crippen LogP contribution in [0.3, 0.4) is 0 Å². The summed E-state index contributed by atoms with van der Waals surface area (Å²) in [6.07, 6.45) is 2.06. The van der Waals surface area contributed by atoms with Gasteiger partial charge < -0.3 is 10.4 Å². The highest BCUT2D eigenvalue weighted by Crippen LogP contribution is 2.26.